The molecule has 0 spiro atoms. The molecule has 0 N–H and O–H groups in total. The normalized spacial score (nSPS) is 12.9. The van der Waals surface area contributed by atoms with Crippen LogP contribution in [-0.4, -0.2) is 12.6 Å². The van der Waals surface area contributed by atoms with Crippen molar-refractivity contribution in [2.24, 2.45) is 5.92 Å². The van der Waals surface area contributed by atoms with Gasteiger partial charge in [0.15, 0.2) is 0 Å². The maximum Gasteiger partial charge on any atom is 0.338 e. The molecule has 4 rings (SSSR count). The molecule has 0 saturated heterocycles. The maximum absolute atomic E-state index is 12.4. The second-order valence-corrected chi connectivity index (χ2v) is 7.87. The molecule has 0 aliphatic heterocycles. The number of esters is 1. The van der Waals surface area contributed by atoms with Crippen LogP contribution in [0.4, 0.5) is 0 Å². The molecule has 0 unspecified atom stereocenters. The highest BCUT2D eigenvalue weighted by Gasteiger charge is 2.16. The van der Waals surface area contributed by atoms with E-state index in [-0.39, 0.29) is 6.61 Å². The van der Waals surface area contributed by atoms with Crippen molar-refractivity contribution < 1.29 is 18.7 Å². The molecule has 1 heterocycles. The lowest BCUT2D eigenvalue weighted by Gasteiger charge is -2.10. The van der Waals surface area contributed by atoms with Crippen molar-refractivity contribution in [1.82, 2.24) is 0 Å². The average molecular weight is 392 g/mol. The van der Waals surface area contributed by atoms with E-state index in [1.165, 1.54) is 17.2 Å². The van der Waals surface area contributed by atoms with Gasteiger partial charge in [0.05, 0.1) is 12.2 Å². The van der Waals surface area contributed by atoms with Crippen LogP contribution in [0.5, 0.6) is 5.75 Å². The predicted molar refractivity (Wildman–Crippen MR) is 110 cm³/mol. The van der Waals surface area contributed by atoms with Gasteiger partial charge in [-0.05, 0) is 72.7 Å². The van der Waals surface area contributed by atoms with Crippen LogP contribution in [0.25, 0.3) is 11.0 Å². The van der Waals surface area contributed by atoms with Crippen LogP contribution < -0.4 is 10.4 Å². The van der Waals surface area contributed by atoms with Crippen molar-refractivity contribution >= 4 is 16.9 Å². The van der Waals surface area contributed by atoms with E-state index in [1.54, 1.807) is 24.3 Å². The summed E-state index contributed by atoms with van der Waals surface area (Å²) in [6.45, 7) is 4.80. The molecule has 29 heavy (non-hydrogen) atoms. The van der Waals surface area contributed by atoms with Gasteiger partial charge >= 0.3 is 11.6 Å². The number of ether oxygens (including phenoxy) is 2. The molecule has 0 amide bonds. The summed E-state index contributed by atoms with van der Waals surface area (Å²) in [5.74, 6) is 0.706. The Hall–Kier alpha value is -3.08. The Morgan fingerprint density at radius 2 is 1.79 bits per heavy atom. The van der Waals surface area contributed by atoms with Crippen molar-refractivity contribution in [1.29, 1.82) is 0 Å². The quantitative estimate of drug-likeness (QED) is 0.450. The Labute approximate surface area is 169 Å². The third-order valence-corrected chi connectivity index (χ3v) is 5.07. The second-order valence-electron chi connectivity index (χ2n) is 7.87. The molecule has 5 heteroatoms. The molecular formula is C24H24O5. The molecule has 5 nitrogen and oxygen atoms in total. The van der Waals surface area contributed by atoms with Gasteiger partial charge in [0, 0.05) is 17.0 Å². The summed E-state index contributed by atoms with van der Waals surface area (Å²) in [4.78, 5) is 24.4. The van der Waals surface area contributed by atoms with E-state index < -0.39 is 11.6 Å². The summed E-state index contributed by atoms with van der Waals surface area (Å²) in [6, 6.07) is 12.3. The monoisotopic (exact) mass is 392 g/mol. The standard InChI is InChI=1S/C24H24O5/c1-15(2)13-27-20-8-6-16(7-9-20)24(26)28-14-19-12-23(25)29-22-11-18-5-3-4-17(18)10-21(19)22/h6-12,15H,3-5,13-14H2,1-2H3. The fourth-order valence-electron chi connectivity index (χ4n) is 3.59. The minimum absolute atomic E-state index is 0.0192. The lowest BCUT2D eigenvalue weighted by molar-refractivity contribution is 0.0474. The first-order valence-electron chi connectivity index (χ1n) is 9.98. The summed E-state index contributed by atoms with van der Waals surface area (Å²) >= 11 is 0. The third-order valence-electron chi connectivity index (χ3n) is 5.07. The number of benzene rings is 2. The fourth-order valence-corrected chi connectivity index (χ4v) is 3.59. The lowest BCUT2D eigenvalue weighted by Crippen LogP contribution is -2.08. The van der Waals surface area contributed by atoms with Crippen LogP contribution in [0.1, 0.15) is 47.3 Å². The molecule has 1 aromatic heterocycles. The Morgan fingerprint density at radius 1 is 1.07 bits per heavy atom. The van der Waals surface area contributed by atoms with Crippen LogP contribution in [0.15, 0.2) is 51.7 Å². The first-order valence-corrected chi connectivity index (χ1v) is 9.98. The van der Waals surface area contributed by atoms with Gasteiger partial charge in [-0.1, -0.05) is 13.8 Å². The van der Waals surface area contributed by atoms with Crippen molar-refractivity contribution in [2.45, 2.75) is 39.7 Å². The molecule has 1 aliphatic carbocycles. The zero-order chi connectivity index (χ0) is 20.4. The zero-order valence-corrected chi connectivity index (χ0v) is 16.7. The van der Waals surface area contributed by atoms with Gasteiger partial charge in [-0.2, -0.15) is 0 Å². The number of hydrogen-bond donors (Lipinski definition) is 0. The van der Waals surface area contributed by atoms with E-state index >= 15 is 0 Å². The molecule has 1 aliphatic rings. The summed E-state index contributed by atoms with van der Waals surface area (Å²) < 4.78 is 16.5. The van der Waals surface area contributed by atoms with Crippen molar-refractivity contribution in [2.75, 3.05) is 6.61 Å². The number of fused-ring (bicyclic) bond motifs is 2. The highest BCUT2D eigenvalue weighted by Crippen LogP contribution is 2.29. The van der Waals surface area contributed by atoms with Gasteiger partial charge in [0.2, 0.25) is 0 Å². The van der Waals surface area contributed by atoms with E-state index in [4.69, 9.17) is 13.9 Å². The molecule has 150 valence electrons. The molecule has 0 fully saturated rings. The minimum Gasteiger partial charge on any atom is -0.493 e. The second kappa shape index (κ2) is 8.11. The Kier molecular flexibility index (Phi) is 5.38. The third kappa shape index (κ3) is 4.34. The van der Waals surface area contributed by atoms with E-state index in [9.17, 15) is 9.59 Å². The van der Waals surface area contributed by atoms with Crippen molar-refractivity contribution in [3.63, 3.8) is 0 Å². The average Bonchev–Trinajstić information content (AvgIpc) is 3.16. The molecular weight excluding hydrogens is 368 g/mol. The van der Waals surface area contributed by atoms with Crippen LogP contribution in [0.3, 0.4) is 0 Å². The van der Waals surface area contributed by atoms with Gasteiger partial charge in [-0.25, -0.2) is 9.59 Å². The minimum atomic E-state index is -0.442. The summed E-state index contributed by atoms with van der Waals surface area (Å²) in [6.07, 6.45) is 3.14. The first-order chi connectivity index (χ1) is 14.0. The first kappa shape index (κ1) is 19.2. The smallest absolute Gasteiger partial charge is 0.338 e. The molecule has 0 bridgehead atoms. The van der Waals surface area contributed by atoms with Crippen LogP contribution in [0.2, 0.25) is 0 Å². The molecule has 0 saturated carbocycles. The van der Waals surface area contributed by atoms with E-state index in [2.05, 4.69) is 19.9 Å². The van der Waals surface area contributed by atoms with Gasteiger partial charge in [0.1, 0.15) is 17.9 Å². The zero-order valence-electron chi connectivity index (χ0n) is 16.7. The van der Waals surface area contributed by atoms with Crippen LogP contribution in [0, 0.1) is 5.92 Å². The van der Waals surface area contributed by atoms with Gasteiger partial charge < -0.3 is 13.9 Å². The molecule has 3 aromatic rings. The van der Waals surface area contributed by atoms with Crippen molar-refractivity contribution in [3.8, 4) is 5.75 Å². The summed E-state index contributed by atoms with van der Waals surface area (Å²) in [5.41, 5.74) is 3.72. The van der Waals surface area contributed by atoms with Gasteiger partial charge in [-0.15, -0.1) is 0 Å². The fraction of sp³-hybridized carbons (Fsp3) is 0.333. The van der Waals surface area contributed by atoms with E-state index in [0.717, 1.165) is 30.4 Å². The lowest BCUT2D eigenvalue weighted by atomic mass is 10.0. The molecule has 0 radical (unpaired) electrons. The summed E-state index contributed by atoms with van der Waals surface area (Å²) in [7, 11) is 0. The highest BCUT2D eigenvalue weighted by molar-refractivity contribution is 5.90. The Morgan fingerprint density at radius 3 is 2.52 bits per heavy atom. The van der Waals surface area contributed by atoms with Gasteiger partial charge in [0.25, 0.3) is 0 Å². The van der Waals surface area contributed by atoms with Crippen molar-refractivity contribution in [3.05, 3.63) is 75.1 Å². The van der Waals surface area contributed by atoms with Gasteiger partial charge in [-0.3, -0.25) is 0 Å². The topological polar surface area (TPSA) is 65.7 Å². The highest BCUT2D eigenvalue weighted by atomic mass is 16.5. The van der Waals surface area contributed by atoms with Crippen LogP contribution in [-0.2, 0) is 24.2 Å². The van der Waals surface area contributed by atoms with Crippen LogP contribution >= 0.6 is 0 Å². The van der Waals surface area contributed by atoms with E-state index in [1.807, 2.05) is 6.07 Å². The maximum atomic E-state index is 12.4. The number of rotatable bonds is 6. The molecule has 0 atom stereocenters. The Bertz CT molecular complexity index is 1090. The van der Waals surface area contributed by atoms with E-state index in [0.29, 0.717) is 29.2 Å². The number of aryl methyl sites for hydroxylation is 2. The number of hydrogen-bond acceptors (Lipinski definition) is 5. The predicted octanol–water partition coefficient (Wildman–Crippen LogP) is 4.67. The Balaban J connectivity index is 1.49. The largest absolute Gasteiger partial charge is 0.493 e. The SMILES string of the molecule is CC(C)COc1ccc(C(=O)OCc2cc(=O)oc3cc4c(cc23)CCC4)cc1. The molecule has 2 aromatic carbocycles. The number of carbonyl (C=O) groups is 1. The number of carbonyl (C=O) groups excluding carboxylic acids is 1. The summed E-state index contributed by atoms with van der Waals surface area (Å²) in [5, 5.41) is 0.829.